The summed E-state index contributed by atoms with van der Waals surface area (Å²) >= 11 is 0. The number of hydrogen-bond acceptors (Lipinski definition) is 2. The molecular weight excluding hydrogens is 161 g/mol. The predicted octanol–water partition coefficient (Wildman–Crippen LogP) is 2.31. The van der Waals surface area contributed by atoms with Gasteiger partial charge >= 0.3 is 0 Å². The fraction of sp³-hybridized carbons (Fsp3) is 1.00. The highest BCUT2D eigenvalue weighted by Gasteiger charge is 2.62. The minimum Gasteiger partial charge on any atom is -0.368 e. The van der Waals surface area contributed by atoms with Crippen LogP contribution in [0.3, 0.4) is 0 Å². The monoisotopic (exact) mass is 171 g/mol. The Labute approximate surface area is 69.3 Å². The van der Waals surface area contributed by atoms with Crippen LogP contribution in [0.4, 0.5) is 4.39 Å². The van der Waals surface area contributed by atoms with Crippen molar-refractivity contribution in [1.29, 1.82) is 0 Å². The van der Waals surface area contributed by atoms with E-state index in [1.807, 2.05) is 0 Å². The summed E-state index contributed by atoms with van der Waals surface area (Å²) in [5.74, 6) is -1.77. The Hall–Kier alpha value is -0.800. The van der Waals surface area contributed by atoms with Gasteiger partial charge in [-0.15, -0.1) is 0 Å². The highest BCUT2D eigenvalue weighted by Crippen LogP contribution is 2.51. The van der Waals surface area contributed by atoms with Crippen LogP contribution in [0.5, 0.6) is 0 Å². The van der Waals surface area contributed by atoms with Crippen molar-refractivity contribution in [2.75, 3.05) is 6.61 Å². The van der Waals surface area contributed by atoms with E-state index < -0.39 is 11.4 Å². The molecule has 2 aliphatic rings. The molecule has 2 fully saturated rings. The highest BCUT2D eigenvalue weighted by molar-refractivity contribution is 5.09. The van der Waals surface area contributed by atoms with Crippen LogP contribution in [0.15, 0.2) is 5.11 Å². The summed E-state index contributed by atoms with van der Waals surface area (Å²) in [4.78, 5) is 2.52. The first-order valence-electron chi connectivity index (χ1n) is 4.12. The van der Waals surface area contributed by atoms with Crippen LogP contribution in [0.2, 0.25) is 0 Å². The lowest BCUT2D eigenvalue weighted by atomic mass is 9.85. The molecule has 4 nitrogen and oxygen atoms in total. The first kappa shape index (κ1) is 7.83. The van der Waals surface area contributed by atoms with E-state index in [0.717, 1.165) is 12.8 Å². The Kier molecular flexibility index (Phi) is 1.53. The molecule has 5 heteroatoms. The van der Waals surface area contributed by atoms with E-state index in [1.54, 1.807) is 0 Å². The summed E-state index contributed by atoms with van der Waals surface area (Å²) in [7, 11) is 0. The molecule has 0 unspecified atom stereocenters. The molecule has 0 bridgehead atoms. The van der Waals surface area contributed by atoms with Gasteiger partial charge in [-0.3, -0.25) is 0 Å². The summed E-state index contributed by atoms with van der Waals surface area (Å²) in [6.45, 7) is -0.0724. The average molecular weight is 171 g/mol. The number of hydrogen-bond donors (Lipinski definition) is 0. The second-order valence-corrected chi connectivity index (χ2v) is 3.44. The Morgan fingerprint density at radius 3 is 2.50 bits per heavy atom. The van der Waals surface area contributed by atoms with Gasteiger partial charge in [-0.25, -0.2) is 4.39 Å². The third-order valence-electron chi connectivity index (χ3n) is 2.85. The second kappa shape index (κ2) is 2.34. The van der Waals surface area contributed by atoms with E-state index in [1.165, 1.54) is 0 Å². The van der Waals surface area contributed by atoms with Crippen LogP contribution < -0.4 is 0 Å². The third-order valence-corrected chi connectivity index (χ3v) is 2.85. The van der Waals surface area contributed by atoms with Crippen molar-refractivity contribution in [3.8, 4) is 0 Å². The Morgan fingerprint density at radius 1 is 1.42 bits per heavy atom. The van der Waals surface area contributed by atoms with Crippen LogP contribution in [0.25, 0.3) is 10.4 Å². The van der Waals surface area contributed by atoms with E-state index in [-0.39, 0.29) is 6.61 Å². The topological polar surface area (TPSA) is 58.0 Å². The predicted molar refractivity (Wildman–Crippen MR) is 40.1 cm³/mol. The maximum atomic E-state index is 13.7. The van der Waals surface area contributed by atoms with Crippen molar-refractivity contribution in [2.45, 2.75) is 37.1 Å². The van der Waals surface area contributed by atoms with E-state index in [9.17, 15) is 4.39 Å². The number of rotatable bonds is 1. The van der Waals surface area contributed by atoms with Gasteiger partial charge in [0.15, 0.2) is 0 Å². The van der Waals surface area contributed by atoms with E-state index in [4.69, 9.17) is 10.3 Å². The zero-order chi connectivity index (χ0) is 8.66. The summed E-state index contributed by atoms with van der Waals surface area (Å²) < 4.78 is 18.9. The minimum absolute atomic E-state index is 0.0724. The third kappa shape index (κ3) is 0.778. The quantitative estimate of drug-likeness (QED) is 0.258. The van der Waals surface area contributed by atoms with Crippen molar-refractivity contribution in [3.05, 3.63) is 10.4 Å². The number of ether oxygens (including phenoxy) is 1. The Balaban J connectivity index is 2.22. The van der Waals surface area contributed by atoms with Crippen LogP contribution in [-0.2, 0) is 4.74 Å². The number of azide groups is 1. The molecule has 0 aromatic carbocycles. The van der Waals surface area contributed by atoms with Gasteiger partial charge in [-0.05, 0) is 23.5 Å². The second-order valence-electron chi connectivity index (χ2n) is 3.44. The van der Waals surface area contributed by atoms with Gasteiger partial charge in [0.25, 0.3) is 0 Å². The van der Waals surface area contributed by atoms with Crippen LogP contribution in [0, 0.1) is 0 Å². The molecule has 0 amide bonds. The molecule has 1 aliphatic heterocycles. The lowest BCUT2D eigenvalue weighted by Gasteiger charge is -2.49. The zero-order valence-corrected chi connectivity index (χ0v) is 6.66. The molecule has 0 radical (unpaired) electrons. The minimum atomic E-state index is -1.77. The number of nitrogens with zero attached hydrogens (tertiary/aromatic N) is 3. The van der Waals surface area contributed by atoms with Gasteiger partial charge in [-0.1, -0.05) is 12.8 Å². The molecular formula is C7H10FN3O. The molecule has 1 spiro atoms. The summed E-state index contributed by atoms with van der Waals surface area (Å²) in [6.07, 6.45) is 3.30. The Morgan fingerprint density at radius 2 is 2.08 bits per heavy atom. The zero-order valence-electron chi connectivity index (χ0n) is 6.66. The average Bonchev–Trinajstić information content (AvgIpc) is 2.53. The molecule has 0 aromatic rings. The van der Waals surface area contributed by atoms with Crippen LogP contribution >= 0.6 is 0 Å². The first-order chi connectivity index (χ1) is 5.72. The molecule has 0 aromatic heterocycles. The molecule has 0 N–H and O–H groups in total. The lowest BCUT2D eigenvalue weighted by molar-refractivity contribution is -0.265. The standard InChI is InChI=1S/C7H10FN3O/c8-7(10-11-9)5-12-6(7)3-1-2-4-6/h1-5H2/t7-/m0/s1. The van der Waals surface area contributed by atoms with Crippen molar-refractivity contribution >= 4 is 0 Å². The van der Waals surface area contributed by atoms with Gasteiger partial charge in [0.2, 0.25) is 5.79 Å². The van der Waals surface area contributed by atoms with Gasteiger partial charge in [0, 0.05) is 4.91 Å². The molecule has 1 saturated carbocycles. The fourth-order valence-electron chi connectivity index (χ4n) is 2.06. The van der Waals surface area contributed by atoms with Crippen molar-refractivity contribution in [1.82, 2.24) is 0 Å². The van der Waals surface area contributed by atoms with Gasteiger partial charge in [0.1, 0.15) is 5.60 Å². The first-order valence-corrected chi connectivity index (χ1v) is 4.12. The molecule has 66 valence electrons. The number of halogens is 1. The maximum absolute atomic E-state index is 13.7. The fourth-order valence-corrected chi connectivity index (χ4v) is 2.06. The van der Waals surface area contributed by atoms with Gasteiger partial charge < -0.3 is 4.74 Å². The molecule has 1 saturated heterocycles. The van der Waals surface area contributed by atoms with E-state index in [0.29, 0.717) is 12.8 Å². The van der Waals surface area contributed by atoms with Gasteiger partial charge in [-0.2, -0.15) is 0 Å². The molecule has 1 aliphatic carbocycles. The van der Waals surface area contributed by atoms with Crippen LogP contribution in [-0.4, -0.2) is 18.0 Å². The van der Waals surface area contributed by atoms with E-state index >= 15 is 0 Å². The summed E-state index contributed by atoms with van der Waals surface area (Å²) in [5, 5.41) is 3.19. The van der Waals surface area contributed by atoms with Crippen LogP contribution in [0.1, 0.15) is 25.7 Å². The van der Waals surface area contributed by atoms with E-state index in [2.05, 4.69) is 10.0 Å². The number of alkyl halides is 1. The molecule has 2 rings (SSSR count). The Bertz CT molecular complexity index is 245. The normalized spacial score (nSPS) is 37.4. The highest BCUT2D eigenvalue weighted by atomic mass is 19.1. The lowest BCUT2D eigenvalue weighted by Crippen LogP contribution is -2.63. The molecule has 1 heterocycles. The molecule has 1 atom stereocenters. The van der Waals surface area contributed by atoms with Crippen molar-refractivity contribution < 1.29 is 9.13 Å². The van der Waals surface area contributed by atoms with Gasteiger partial charge in [0.05, 0.1) is 6.61 Å². The summed E-state index contributed by atoms with van der Waals surface area (Å²) in [5.41, 5.74) is 7.41. The maximum Gasteiger partial charge on any atom is 0.240 e. The SMILES string of the molecule is [N-]=[N+]=N[C@@]1(F)COC12CCCC2. The smallest absolute Gasteiger partial charge is 0.240 e. The molecule has 12 heavy (non-hydrogen) atoms. The van der Waals surface area contributed by atoms with Crippen molar-refractivity contribution in [2.24, 2.45) is 5.11 Å². The summed E-state index contributed by atoms with van der Waals surface area (Å²) in [6, 6.07) is 0. The largest absolute Gasteiger partial charge is 0.368 e. The van der Waals surface area contributed by atoms with Crippen molar-refractivity contribution in [3.63, 3.8) is 0 Å².